The van der Waals surface area contributed by atoms with E-state index in [4.69, 9.17) is 11.6 Å². The Hall–Kier alpha value is -2.85. The number of nitrogens with one attached hydrogen (secondary N) is 1. The summed E-state index contributed by atoms with van der Waals surface area (Å²) in [5, 5.41) is 3.47. The highest BCUT2D eigenvalue weighted by Crippen LogP contribution is 2.18. The Morgan fingerprint density at radius 1 is 1.08 bits per heavy atom. The molecule has 1 aromatic heterocycles. The zero-order valence-corrected chi connectivity index (χ0v) is 14.6. The fourth-order valence-corrected chi connectivity index (χ4v) is 2.57. The topological polar surface area (TPSA) is 45.2 Å². The number of amides is 1. The highest BCUT2D eigenvalue weighted by Gasteiger charge is 2.10. The SMILES string of the molecule is CN(Cc1ccccc1)c1cncc(C(=O)Nc2ccc(Cl)cc2)c1. The third kappa shape index (κ3) is 4.58. The van der Waals surface area contributed by atoms with E-state index < -0.39 is 0 Å². The second-order valence-corrected chi connectivity index (χ2v) is 6.17. The van der Waals surface area contributed by atoms with Crippen LogP contribution in [0.2, 0.25) is 5.02 Å². The van der Waals surface area contributed by atoms with Crippen LogP contribution in [0.15, 0.2) is 73.1 Å². The van der Waals surface area contributed by atoms with E-state index in [2.05, 4.69) is 27.3 Å². The van der Waals surface area contributed by atoms with Crippen molar-refractivity contribution in [1.82, 2.24) is 4.98 Å². The molecule has 0 aliphatic heterocycles. The molecule has 0 saturated carbocycles. The monoisotopic (exact) mass is 351 g/mol. The summed E-state index contributed by atoms with van der Waals surface area (Å²) < 4.78 is 0. The first-order valence-electron chi connectivity index (χ1n) is 7.89. The van der Waals surface area contributed by atoms with Crippen LogP contribution in [0.25, 0.3) is 0 Å². The van der Waals surface area contributed by atoms with Crippen LogP contribution in [0.4, 0.5) is 11.4 Å². The van der Waals surface area contributed by atoms with Crippen LogP contribution >= 0.6 is 11.6 Å². The van der Waals surface area contributed by atoms with E-state index in [1.165, 1.54) is 5.56 Å². The molecular weight excluding hydrogens is 334 g/mol. The highest BCUT2D eigenvalue weighted by atomic mass is 35.5. The van der Waals surface area contributed by atoms with E-state index in [1.54, 1.807) is 36.7 Å². The average Bonchev–Trinajstić information content (AvgIpc) is 2.64. The summed E-state index contributed by atoms with van der Waals surface area (Å²) in [6.07, 6.45) is 3.31. The normalized spacial score (nSPS) is 10.3. The Labute approximate surface area is 152 Å². The van der Waals surface area contributed by atoms with Gasteiger partial charge in [-0.2, -0.15) is 0 Å². The van der Waals surface area contributed by atoms with Gasteiger partial charge in [0.15, 0.2) is 0 Å². The molecule has 1 heterocycles. The smallest absolute Gasteiger partial charge is 0.257 e. The molecule has 0 saturated heterocycles. The standard InChI is InChI=1S/C20H18ClN3O/c1-24(14-15-5-3-2-4-6-15)19-11-16(12-22-13-19)20(25)23-18-9-7-17(21)8-10-18/h2-13H,14H2,1H3,(H,23,25). The lowest BCUT2D eigenvalue weighted by Crippen LogP contribution is -2.18. The first-order valence-corrected chi connectivity index (χ1v) is 8.26. The minimum atomic E-state index is -0.204. The number of rotatable bonds is 5. The van der Waals surface area contributed by atoms with E-state index in [0.717, 1.165) is 12.2 Å². The van der Waals surface area contributed by atoms with Gasteiger partial charge < -0.3 is 10.2 Å². The molecule has 0 unspecified atom stereocenters. The maximum absolute atomic E-state index is 12.4. The molecule has 0 spiro atoms. The minimum Gasteiger partial charge on any atom is -0.369 e. The van der Waals surface area contributed by atoms with E-state index in [0.29, 0.717) is 16.3 Å². The Balaban J connectivity index is 1.72. The van der Waals surface area contributed by atoms with Crippen molar-refractivity contribution >= 4 is 28.9 Å². The molecule has 5 heteroatoms. The van der Waals surface area contributed by atoms with Gasteiger partial charge in [0, 0.05) is 30.5 Å². The fourth-order valence-electron chi connectivity index (χ4n) is 2.45. The number of hydrogen-bond acceptors (Lipinski definition) is 3. The van der Waals surface area contributed by atoms with Crippen LogP contribution in [-0.2, 0) is 6.54 Å². The van der Waals surface area contributed by atoms with Crippen molar-refractivity contribution in [3.05, 3.63) is 89.2 Å². The van der Waals surface area contributed by atoms with Gasteiger partial charge in [0.05, 0.1) is 17.4 Å². The number of carbonyl (C=O) groups excluding carboxylic acids is 1. The molecule has 0 aliphatic carbocycles. The van der Waals surface area contributed by atoms with Crippen LogP contribution in [0.5, 0.6) is 0 Å². The summed E-state index contributed by atoms with van der Waals surface area (Å²) in [7, 11) is 1.98. The molecule has 25 heavy (non-hydrogen) atoms. The number of pyridine rings is 1. The van der Waals surface area contributed by atoms with Crippen molar-refractivity contribution < 1.29 is 4.79 Å². The molecule has 3 rings (SSSR count). The molecule has 0 fully saturated rings. The summed E-state index contributed by atoms with van der Waals surface area (Å²) in [6.45, 7) is 0.741. The van der Waals surface area contributed by atoms with Gasteiger partial charge in [0.1, 0.15) is 0 Å². The second kappa shape index (κ2) is 7.81. The van der Waals surface area contributed by atoms with Gasteiger partial charge in [-0.25, -0.2) is 0 Å². The average molecular weight is 352 g/mol. The number of anilines is 2. The van der Waals surface area contributed by atoms with Crippen molar-refractivity contribution in [1.29, 1.82) is 0 Å². The molecule has 0 radical (unpaired) electrons. The molecule has 0 atom stereocenters. The number of benzene rings is 2. The van der Waals surface area contributed by atoms with E-state index >= 15 is 0 Å². The van der Waals surface area contributed by atoms with Crippen LogP contribution in [0.3, 0.4) is 0 Å². The second-order valence-electron chi connectivity index (χ2n) is 5.73. The Morgan fingerprint density at radius 2 is 1.80 bits per heavy atom. The fraction of sp³-hybridized carbons (Fsp3) is 0.100. The highest BCUT2D eigenvalue weighted by molar-refractivity contribution is 6.30. The summed E-state index contributed by atoms with van der Waals surface area (Å²) >= 11 is 5.86. The van der Waals surface area contributed by atoms with Gasteiger partial charge in [-0.1, -0.05) is 41.9 Å². The summed E-state index contributed by atoms with van der Waals surface area (Å²) in [5.74, 6) is -0.204. The quantitative estimate of drug-likeness (QED) is 0.729. The zero-order chi connectivity index (χ0) is 17.6. The minimum absolute atomic E-state index is 0.204. The van der Waals surface area contributed by atoms with Crippen molar-refractivity contribution in [2.45, 2.75) is 6.54 Å². The predicted octanol–water partition coefficient (Wildman–Crippen LogP) is 4.62. The summed E-state index contributed by atoms with van der Waals surface area (Å²) in [5.41, 5.74) is 3.28. The molecule has 126 valence electrons. The van der Waals surface area contributed by atoms with Gasteiger partial charge in [-0.3, -0.25) is 9.78 Å². The lowest BCUT2D eigenvalue weighted by Gasteiger charge is -2.19. The predicted molar refractivity (Wildman–Crippen MR) is 102 cm³/mol. The van der Waals surface area contributed by atoms with Gasteiger partial charge in [0.2, 0.25) is 0 Å². The number of hydrogen-bond donors (Lipinski definition) is 1. The number of nitrogens with zero attached hydrogens (tertiary/aromatic N) is 2. The lowest BCUT2D eigenvalue weighted by atomic mass is 10.2. The molecule has 0 bridgehead atoms. The van der Waals surface area contributed by atoms with E-state index in [-0.39, 0.29) is 5.91 Å². The van der Waals surface area contributed by atoms with Crippen LogP contribution in [0.1, 0.15) is 15.9 Å². The molecule has 1 N–H and O–H groups in total. The molecule has 0 aliphatic rings. The Morgan fingerprint density at radius 3 is 2.52 bits per heavy atom. The van der Waals surface area contributed by atoms with Crippen molar-refractivity contribution in [2.24, 2.45) is 0 Å². The Kier molecular flexibility index (Phi) is 5.31. The first-order chi connectivity index (χ1) is 12.1. The summed E-state index contributed by atoms with van der Waals surface area (Å²) in [4.78, 5) is 18.7. The molecule has 3 aromatic rings. The molecule has 1 amide bonds. The number of aromatic nitrogens is 1. The van der Waals surface area contributed by atoms with Crippen LogP contribution < -0.4 is 10.2 Å². The van der Waals surface area contributed by atoms with Crippen LogP contribution in [-0.4, -0.2) is 17.9 Å². The van der Waals surface area contributed by atoms with Crippen molar-refractivity contribution in [3.8, 4) is 0 Å². The molecule has 4 nitrogen and oxygen atoms in total. The zero-order valence-electron chi connectivity index (χ0n) is 13.8. The third-order valence-corrected chi connectivity index (χ3v) is 4.04. The lowest BCUT2D eigenvalue weighted by molar-refractivity contribution is 0.102. The molecular formula is C20H18ClN3O. The van der Waals surface area contributed by atoms with Gasteiger partial charge in [0.25, 0.3) is 5.91 Å². The van der Waals surface area contributed by atoms with Gasteiger partial charge in [-0.15, -0.1) is 0 Å². The maximum atomic E-state index is 12.4. The van der Waals surface area contributed by atoms with E-state index in [9.17, 15) is 4.79 Å². The Bertz CT molecular complexity index is 850. The van der Waals surface area contributed by atoms with Gasteiger partial charge >= 0.3 is 0 Å². The largest absolute Gasteiger partial charge is 0.369 e. The van der Waals surface area contributed by atoms with E-state index in [1.807, 2.05) is 31.3 Å². The number of carbonyl (C=O) groups is 1. The van der Waals surface area contributed by atoms with Crippen molar-refractivity contribution in [3.63, 3.8) is 0 Å². The number of halogens is 1. The maximum Gasteiger partial charge on any atom is 0.257 e. The molecule has 2 aromatic carbocycles. The van der Waals surface area contributed by atoms with Crippen molar-refractivity contribution in [2.75, 3.05) is 17.3 Å². The first kappa shape index (κ1) is 17.0. The van der Waals surface area contributed by atoms with Crippen LogP contribution in [0, 0.1) is 0 Å². The third-order valence-electron chi connectivity index (χ3n) is 3.79. The van der Waals surface area contributed by atoms with Gasteiger partial charge in [-0.05, 0) is 35.9 Å². The summed E-state index contributed by atoms with van der Waals surface area (Å²) in [6, 6.07) is 19.0.